The van der Waals surface area contributed by atoms with Crippen molar-refractivity contribution in [2.75, 3.05) is 13.2 Å². The highest BCUT2D eigenvalue weighted by molar-refractivity contribution is 7.10. The lowest BCUT2D eigenvalue weighted by atomic mass is 9.89. The minimum Gasteiger partial charge on any atom is -0.389 e. The van der Waals surface area contributed by atoms with Gasteiger partial charge in [0.1, 0.15) is 5.82 Å². The first-order chi connectivity index (χ1) is 14.2. The zero-order valence-electron chi connectivity index (χ0n) is 16.3. The van der Waals surface area contributed by atoms with Crippen LogP contribution in [0.1, 0.15) is 46.6 Å². The van der Waals surface area contributed by atoms with E-state index in [9.17, 15) is 9.50 Å². The lowest BCUT2D eigenvalue weighted by Gasteiger charge is -2.27. The lowest BCUT2D eigenvalue weighted by Crippen LogP contribution is -2.34. The van der Waals surface area contributed by atoms with Gasteiger partial charge in [-0.1, -0.05) is 42.5 Å². The number of aryl methyl sites for hydroxylation is 1. The Morgan fingerprint density at radius 1 is 1.10 bits per heavy atom. The largest absolute Gasteiger partial charge is 0.389 e. The first kappa shape index (κ1) is 20.2. The number of benzene rings is 2. The Labute approximate surface area is 175 Å². The Hall–Kier alpha value is -2.05. The number of thiophene rings is 1. The summed E-state index contributed by atoms with van der Waals surface area (Å²) in [6.07, 6.45) is 2.64. The molecule has 2 N–H and O–H groups in total. The molecule has 5 heteroatoms. The van der Waals surface area contributed by atoms with Crippen LogP contribution in [0.25, 0.3) is 0 Å². The number of ether oxygens (including phenoxy) is 1. The second-order valence-electron chi connectivity index (χ2n) is 7.48. The van der Waals surface area contributed by atoms with Gasteiger partial charge in [0.15, 0.2) is 0 Å². The molecule has 0 amide bonds. The molecule has 1 aromatic heterocycles. The van der Waals surface area contributed by atoms with E-state index in [4.69, 9.17) is 4.74 Å². The molecule has 4 rings (SSSR count). The number of aliphatic hydroxyl groups excluding tert-OH is 1. The van der Waals surface area contributed by atoms with Crippen molar-refractivity contribution >= 4 is 11.3 Å². The summed E-state index contributed by atoms with van der Waals surface area (Å²) in [6.45, 7) is 0.681. The smallest absolute Gasteiger partial charge is 0.123 e. The highest BCUT2D eigenvalue weighted by atomic mass is 32.1. The van der Waals surface area contributed by atoms with Crippen molar-refractivity contribution in [3.8, 4) is 0 Å². The maximum atomic E-state index is 13.3. The van der Waals surface area contributed by atoms with E-state index >= 15 is 0 Å². The van der Waals surface area contributed by atoms with Crippen LogP contribution in [-0.2, 0) is 11.2 Å². The Bertz CT molecular complexity index is 898. The number of fused-ring (bicyclic) bond motifs is 1. The Kier molecular flexibility index (Phi) is 6.72. The number of aliphatic hydroxyl groups is 1. The van der Waals surface area contributed by atoms with Crippen LogP contribution in [0.5, 0.6) is 0 Å². The third-order valence-electron chi connectivity index (χ3n) is 5.39. The average molecular weight is 412 g/mol. The van der Waals surface area contributed by atoms with Gasteiger partial charge in [-0.15, -0.1) is 11.3 Å². The van der Waals surface area contributed by atoms with Crippen LogP contribution in [0.3, 0.4) is 0 Å². The summed E-state index contributed by atoms with van der Waals surface area (Å²) >= 11 is 1.64. The highest BCUT2D eigenvalue weighted by Gasteiger charge is 2.22. The summed E-state index contributed by atoms with van der Waals surface area (Å²) in [6, 6.07) is 18.9. The lowest BCUT2D eigenvalue weighted by molar-refractivity contribution is -0.0171. The second kappa shape index (κ2) is 9.63. The Morgan fingerprint density at radius 3 is 2.72 bits per heavy atom. The van der Waals surface area contributed by atoms with Gasteiger partial charge in [-0.25, -0.2) is 4.39 Å². The minimum absolute atomic E-state index is 0.0554. The van der Waals surface area contributed by atoms with Crippen LogP contribution in [0, 0.1) is 5.82 Å². The summed E-state index contributed by atoms with van der Waals surface area (Å²) in [5, 5.41) is 16.0. The molecule has 3 aromatic rings. The molecule has 0 radical (unpaired) electrons. The van der Waals surface area contributed by atoms with Crippen molar-refractivity contribution < 1.29 is 14.2 Å². The molecule has 0 saturated heterocycles. The Morgan fingerprint density at radius 2 is 1.93 bits per heavy atom. The summed E-state index contributed by atoms with van der Waals surface area (Å²) < 4.78 is 19.4. The molecule has 29 heavy (non-hydrogen) atoms. The summed E-state index contributed by atoms with van der Waals surface area (Å²) in [5.41, 5.74) is 3.58. The van der Waals surface area contributed by atoms with Gasteiger partial charge in [0, 0.05) is 11.4 Å². The highest BCUT2D eigenvalue weighted by Crippen LogP contribution is 2.32. The van der Waals surface area contributed by atoms with Gasteiger partial charge in [0.25, 0.3) is 0 Å². The molecule has 0 spiro atoms. The molecule has 3 nitrogen and oxygen atoms in total. The van der Waals surface area contributed by atoms with Gasteiger partial charge in [0.05, 0.1) is 24.9 Å². The number of hydrogen-bond acceptors (Lipinski definition) is 4. The van der Waals surface area contributed by atoms with Crippen molar-refractivity contribution in [1.29, 1.82) is 0 Å². The molecule has 0 bridgehead atoms. The van der Waals surface area contributed by atoms with E-state index in [1.807, 2.05) is 23.6 Å². The molecular formula is C24H26FNO2S. The van der Waals surface area contributed by atoms with Gasteiger partial charge in [-0.2, -0.15) is 0 Å². The zero-order valence-corrected chi connectivity index (χ0v) is 17.1. The maximum absolute atomic E-state index is 13.3. The standard InChI is InChI=1S/C24H26FNO2S/c25-19-12-10-18(11-13-19)24(23-9-4-14-29-23)26-15-20(27)16-28-22-8-3-6-17-5-1-2-7-21(17)22/h1-2,4-5,7,9-14,20,22,24,26-27H,3,6,8,15-16H2/t20-,22-,24+/m1/s1. The van der Waals surface area contributed by atoms with E-state index in [0.717, 1.165) is 29.7 Å². The molecule has 1 aliphatic rings. The van der Waals surface area contributed by atoms with E-state index in [2.05, 4.69) is 23.5 Å². The molecule has 0 unspecified atom stereocenters. The Balaban J connectivity index is 1.35. The van der Waals surface area contributed by atoms with Crippen molar-refractivity contribution in [1.82, 2.24) is 5.32 Å². The summed E-state index contributed by atoms with van der Waals surface area (Å²) in [4.78, 5) is 1.13. The molecule has 3 atom stereocenters. The fourth-order valence-corrected chi connectivity index (χ4v) is 4.74. The van der Waals surface area contributed by atoms with Crippen LogP contribution < -0.4 is 5.32 Å². The quantitative estimate of drug-likeness (QED) is 0.547. The van der Waals surface area contributed by atoms with Crippen molar-refractivity contribution in [2.24, 2.45) is 0 Å². The predicted octanol–water partition coefficient (Wildman–Crippen LogP) is 5.02. The molecule has 0 aliphatic heterocycles. The van der Waals surface area contributed by atoms with Crippen molar-refractivity contribution in [3.63, 3.8) is 0 Å². The normalized spacial score (nSPS) is 18.2. The van der Waals surface area contributed by atoms with Gasteiger partial charge in [-0.05, 0) is 59.5 Å². The van der Waals surface area contributed by atoms with E-state index < -0.39 is 6.10 Å². The minimum atomic E-state index is -0.619. The van der Waals surface area contributed by atoms with Crippen LogP contribution in [0.4, 0.5) is 4.39 Å². The van der Waals surface area contributed by atoms with Crippen molar-refractivity contribution in [2.45, 2.75) is 37.5 Å². The first-order valence-corrected chi connectivity index (χ1v) is 11.0. The molecule has 1 aliphatic carbocycles. The summed E-state index contributed by atoms with van der Waals surface area (Å²) in [5.74, 6) is -0.250. The topological polar surface area (TPSA) is 41.5 Å². The van der Waals surface area contributed by atoms with Crippen LogP contribution in [0.15, 0.2) is 66.0 Å². The molecule has 0 fully saturated rings. The van der Waals surface area contributed by atoms with Crippen molar-refractivity contribution in [3.05, 3.63) is 93.4 Å². The first-order valence-electron chi connectivity index (χ1n) is 10.1. The summed E-state index contributed by atoms with van der Waals surface area (Å²) in [7, 11) is 0. The number of hydrogen-bond donors (Lipinski definition) is 2. The van der Waals surface area contributed by atoms with Gasteiger partial charge >= 0.3 is 0 Å². The van der Waals surface area contributed by atoms with Gasteiger partial charge in [0.2, 0.25) is 0 Å². The predicted molar refractivity (Wildman–Crippen MR) is 115 cm³/mol. The van der Waals surface area contributed by atoms with E-state index in [1.54, 1.807) is 23.5 Å². The third-order valence-corrected chi connectivity index (χ3v) is 6.33. The molecular weight excluding hydrogens is 385 g/mol. The monoisotopic (exact) mass is 411 g/mol. The maximum Gasteiger partial charge on any atom is 0.123 e. The molecule has 152 valence electrons. The third kappa shape index (κ3) is 5.11. The fraction of sp³-hybridized carbons (Fsp3) is 0.333. The average Bonchev–Trinajstić information content (AvgIpc) is 3.28. The zero-order chi connectivity index (χ0) is 20.1. The van der Waals surface area contributed by atoms with Crippen LogP contribution >= 0.6 is 11.3 Å². The molecule has 1 heterocycles. The van der Waals surface area contributed by atoms with E-state index in [1.165, 1.54) is 23.3 Å². The fourth-order valence-electron chi connectivity index (χ4n) is 3.92. The van der Waals surface area contributed by atoms with Crippen LogP contribution in [0.2, 0.25) is 0 Å². The van der Waals surface area contributed by atoms with Gasteiger partial charge in [-0.3, -0.25) is 0 Å². The SMILES string of the molecule is O[C@H](CN[C@@H](c1ccc(F)cc1)c1cccs1)CO[C@@H]1CCCc2ccccc21. The molecule has 0 saturated carbocycles. The number of halogens is 1. The van der Waals surface area contributed by atoms with Crippen LogP contribution in [-0.4, -0.2) is 24.4 Å². The number of rotatable bonds is 8. The van der Waals surface area contributed by atoms with E-state index in [0.29, 0.717) is 6.54 Å². The van der Waals surface area contributed by atoms with Gasteiger partial charge < -0.3 is 15.2 Å². The molecule has 2 aromatic carbocycles. The van der Waals surface area contributed by atoms with E-state index in [-0.39, 0.29) is 24.6 Å². The second-order valence-corrected chi connectivity index (χ2v) is 8.45. The number of nitrogens with one attached hydrogen (secondary N) is 1.